The molecule has 0 saturated carbocycles. The van der Waals surface area contributed by atoms with Gasteiger partial charge in [0.2, 0.25) is 11.8 Å². The fraction of sp³-hybridized carbons (Fsp3) is 0.292. The molecule has 0 saturated heterocycles. The standard InChI is InChI=1S/C24H25F2N3O4/c1-14(27-23(32)21(30)16-11-17(25)13-18(26)12-16)22(31)28-19-9-6-10-20(29(2)24(19)33)15-7-4-3-5-8-15/h3-9,11-14,19-21,30H,10H2,1-2H3,(H,27,32)(H,28,31)/t14-,19-,20-,21+/m0/s1. The zero-order chi connectivity index (χ0) is 24.1. The molecular weight excluding hydrogens is 432 g/mol. The maximum Gasteiger partial charge on any atom is 0.254 e. The number of hydrogen-bond donors (Lipinski definition) is 3. The number of hydrogen-bond acceptors (Lipinski definition) is 4. The van der Waals surface area contributed by atoms with Crippen LogP contribution in [-0.2, 0) is 14.4 Å². The Morgan fingerprint density at radius 2 is 1.73 bits per heavy atom. The van der Waals surface area contributed by atoms with E-state index < -0.39 is 41.6 Å². The van der Waals surface area contributed by atoms with Gasteiger partial charge in [-0.2, -0.15) is 0 Å². The molecule has 1 aliphatic rings. The van der Waals surface area contributed by atoms with E-state index >= 15 is 0 Å². The second-order valence-corrected chi connectivity index (χ2v) is 7.86. The molecule has 3 N–H and O–H groups in total. The molecule has 0 aromatic heterocycles. The number of aliphatic hydroxyl groups excluding tert-OH is 1. The van der Waals surface area contributed by atoms with Crippen molar-refractivity contribution in [3.63, 3.8) is 0 Å². The molecular formula is C24H25F2N3O4. The van der Waals surface area contributed by atoms with Crippen molar-refractivity contribution in [3.05, 3.63) is 83.4 Å². The lowest BCUT2D eigenvalue weighted by molar-refractivity contribution is -0.137. The van der Waals surface area contributed by atoms with Gasteiger partial charge in [0.05, 0.1) is 6.04 Å². The predicted octanol–water partition coefficient (Wildman–Crippen LogP) is 2.15. The van der Waals surface area contributed by atoms with Gasteiger partial charge in [0.15, 0.2) is 6.10 Å². The van der Waals surface area contributed by atoms with Gasteiger partial charge in [0.1, 0.15) is 23.7 Å². The maximum atomic E-state index is 13.4. The summed E-state index contributed by atoms with van der Waals surface area (Å²) in [4.78, 5) is 39.4. The van der Waals surface area contributed by atoms with Gasteiger partial charge >= 0.3 is 0 Å². The maximum absolute atomic E-state index is 13.4. The van der Waals surface area contributed by atoms with E-state index in [4.69, 9.17) is 0 Å². The van der Waals surface area contributed by atoms with E-state index in [9.17, 15) is 28.3 Å². The summed E-state index contributed by atoms with van der Waals surface area (Å²) in [5.41, 5.74) is 0.682. The van der Waals surface area contributed by atoms with Crippen LogP contribution in [0.2, 0.25) is 0 Å². The normalized spacial score (nSPS) is 20.0. The Balaban J connectivity index is 1.62. The first-order valence-electron chi connectivity index (χ1n) is 10.4. The molecule has 3 rings (SSSR count). The van der Waals surface area contributed by atoms with Crippen molar-refractivity contribution >= 4 is 17.7 Å². The van der Waals surface area contributed by atoms with E-state index in [-0.39, 0.29) is 17.5 Å². The van der Waals surface area contributed by atoms with Crippen LogP contribution in [0.5, 0.6) is 0 Å². The number of halogens is 2. The van der Waals surface area contributed by atoms with Crippen molar-refractivity contribution < 1.29 is 28.3 Å². The van der Waals surface area contributed by atoms with Crippen molar-refractivity contribution in [1.29, 1.82) is 0 Å². The Kier molecular flexibility index (Phi) is 7.55. The van der Waals surface area contributed by atoms with E-state index in [1.807, 2.05) is 36.4 Å². The van der Waals surface area contributed by atoms with Crippen molar-refractivity contribution in [1.82, 2.24) is 15.5 Å². The number of nitrogens with zero attached hydrogens (tertiary/aromatic N) is 1. The largest absolute Gasteiger partial charge is 0.378 e. The van der Waals surface area contributed by atoms with Crippen LogP contribution in [0, 0.1) is 11.6 Å². The average Bonchev–Trinajstić information content (AvgIpc) is 2.92. The van der Waals surface area contributed by atoms with Gasteiger partial charge in [-0.05, 0) is 36.6 Å². The zero-order valence-corrected chi connectivity index (χ0v) is 18.2. The minimum Gasteiger partial charge on any atom is -0.378 e. The van der Waals surface area contributed by atoms with Gasteiger partial charge in [-0.3, -0.25) is 14.4 Å². The Hall–Kier alpha value is -3.59. The number of carbonyl (C=O) groups is 3. The van der Waals surface area contributed by atoms with Crippen LogP contribution >= 0.6 is 0 Å². The van der Waals surface area contributed by atoms with Gasteiger partial charge in [0.25, 0.3) is 5.91 Å². The molecule has 33 heavy (non-hydrogen) atoms. The molecule has 0 spiro atoms. The van der Waals surface area contributed by atoms with Gasteiger partial charge in [-0.15, -0.1) is 0 Å². The molecule has 0 bridgehead atoms. The lowest BCUT2D eigenvalue weighted by Gasteiger charge is -2.29. The lowest BCUT2D eigenvalue weighted by atomic mass is 10.0. The van der Waals surface area contributed by atoms with E-state index in [1.165, 1.54) is 6.92 Å². The van der Waals surface area contributed by atoms with Gasteiger partial charge in [0, 0.05) is 13.1 Å². The Morgan fingerprint density at radius 1 is 1.09 bits per heavy atom. The first-order valence-corrected chi connectivity index (χ1v) is 10.4. The molecule has 0 aliphatic carbocycles. The monoisotopic (exact) mass is 457 g/mol. The number of likely N-dealkylation sites (N-methyl/N-ethyl adjacent to an activating group) is 1. The summed E-state index contributed by atoms with van der Waals surface area (Å²) in [5, 5.41) is 15.0. The molecule has 0 unspecified atom stereocenters. The molecule has 7 nitrogen and oxygen atoms in total. The fourth-order valence-corrected chi connectivity index (χ4v) is 3.62. The van der Waals surface area contributed by atoms with E-state index in [0.717, 1.165) is 17.7 Å². The van der Waals surface area contributed by atoms with Gasteiger partial charge in [-0.25, -0.2) is 8.78 Å². The number of carbonyl (C=O) groups excluding carboxylic acids is 3. The summed E-state index contributed by atoms with van der Waals surface area (Å²) in [7, 11) is 1.66. The van der Waals surface area contributed by atoms with Crippen LogP contribution in [0.4, 0.5) is 8.78 Å². The predicted molar refractivity (Wildman–Crippen MR) is 117 cm³/mol. The molecule has 0 radical (unpaired) electrons. The second kappa shape index (κ2) is 10.4. The summed E-state index contributed by atoms with van der Waals surface area (Å²) in [6.07, 6.45) is 2.11. The highest BCUT2D eigenvalue weighted by atomic mass is 19.1. The molecule has 2 aromatic carbocycles. The third kappa shape index (κ3) is 5.81. The minimum atomic E-state index is -1.87. The highest BCUT2D eigenvalue weighted by molar-refractivity contribution is 5.93. The molecule has 3 amide bonds. The summed E-state index contributed by atoms with van der Waals surface area (Å²) in [6, 6.07) is 9.54. The van der Waals surface area contributed by atoms with Gasteiger partial charge in [-0.1, -0.05) is 42.5 Å². The smallest absolute Gasteiger partial charge is 0.254 e. The molecule has 1 aliphatic heterocycles. The summed E-state index contributed by atoms with van der Waals surface area (Å²) in [6.45, 7) is 1.37. The summed E-state index contributed by atoms with van der Waals surface area (Å²) < 4.78 is 26.7. The van der Waals surface area contributed by atoms with Crippen LogP contribution in [0.3, 0.4) is 0 Å². The number of benzene rings is 2. The lowest BCUT2D eigenvalue weighted by Crippen LogP contribution is -2.52. The topological polar surface area (TPSA) is 98.7 Å². The molecule has 4 atom stereocenters. The number of amides is 3. The highest BCUT2D eigenvalue weighted by Gasteiger charge is 2.31. The SMILES string of the molecule is C[C@H](NC(=O)[C@H](O)c1cc(F)cc(F)c1)C(=O)N[C@H]1C=CC[C@@H](c2ccccc2)N(C)C1=O. The van der Waals surface area contributed by atoms with E-state index in [0.29, 0.717) is 12.5 Å². The summed E-state index contributed by atoms with van der Waals surface area (Å²) >= 11 is 0. The summed E-state index contributed by atoms with van der Waals surface area (Å²) in [5.74, 6) is -3.87. The Bertz CT molecular complexity index is 1040. The van der Waals surface area contributed by atoms with Crippen molar-refractivity contribution in [2.24, 2.45) is 0 Å². The van der Waals surface area contributed by atoms with E-state index in [2.05, 4.69) is 10.6 Å². The zero-order valence-electron chi connectivity index (χ0n) is 18.2. The molecule has 2 aromatic rings. The minimum absolute atomic E-state index is 0.184. The Labute approximate surface area is 190 Å². The third-order valence-corrected chi connectivity index (χ3v) is 5.45. The van der Waals surface area contributed by atoms with Crippen LogP contribution < -0.4 is 10.6 Å². The number of rotatable bonds is 6. The van der Waals surface area contributed by atoms with Crippen molar-refractivity contribution in [2.45, 2.75) is 37.6 Å². The first-order chi connectivity index (χ1) is 15.7. The van der Waals surface area contributed by atoms with Crippen LogP contribution in [0.25, 0.3) is 0 Å². The highest BCUT2D eigenvalue weighted by Crippen LogP contribution is 2.26. The van der Waals surface area contributed by atoms with Crippen molar-refractivity contribution in [2.75, 3.05) is 7.05 Å². The molecule has 0 fully saturated rings. The third-order valence-electron chi connectivity index (χ3n) is 5.45. The Morgan fingerprint density at radius 3 is 2.36 bits per heavy atom. The second-order valence-electron chi connectivity index (χ2n) is 7.86. The van der Waals surface area contributed by atoms with Crippen molar-refractivity contribution in [3.8, 4) is 0 Å². The fourth-order valence-electron chi connectivity index (χ4n) is 3.62. The molecule has 174 valence electrons. The molecule has 9 heteroatoms. The average molecular weight is 457 g/mol. The number of nitrogens with one attached hydrogen (secondary N) is 2. The van der Waals surface area contributed by atoms with Crippen LogP contribution in [-0.4, -0.2) is 46.9 Å². The van der Waals surface area contributed by atoms with Crippen LogP contribution in [0.15, 0.2) is 60.7 Å². The quantitative estimate of drug-likeness (QED) is 0.579. The van der Waals surface area contributed by atoms with Crippen LogP contribution in [0.1, 0.15) is 36.6 Å². The number of aliphatic hydroxyl groups is 1. The van der Waals surface area contributed by atoms with E-state index in [1.54, 1.807) is 18.0 Å². The first kappa shape index (κ1) is 24.1. The van der Waals surface area contributed by atoms with Gasteiger partial charge < -0.3 is 20.6 Å². The molecule has 1 heterocycles.